The van der Waals surface area contributed by atoms with Crippen LogP contribution >= 0.6 is 0 Å². The number of nitrogens with two attached hydrogens (primary N) is 1. The van der Waals surface area contributed by atoms with Gasteiger partial charge in [-0.2, -0.15) is 0 Å². The quantitative estimate of drug-likeness (QED) is 0.516. The fourth-order valence-corrected chi connectivity index (χ4v) is 2.11. The topological polar surface area (TPSA) is 96.2 Å². The summed E-state index contributed by atoms with van der Waals surface area (Å²) in [6.07, 6.45) is 5.10. The van der Waals surface area contributed by atoms with Crippen LogP contribution in [0.1, 0.15) is 23.3 Å². The lowest BCUT2D eigenvalue weighted by atomic mass is 9.97. The van der Waals surface area contributed by atoms with Crippen LogP contribution in [0.15, 0.2) is 12.4 Å². The molecule has 7 heteroatoms. The Balaban J connectivity index is 1.80. The first-order valence-corrected chi connectivity index (χ1v) is 6.44. The monoisotopic (exact) mass is 264 g/mol. The van der Waals surface area contributed by atoms with Crippen LogP contribution in [0.2, 0.25) is 0 Å². The molecule has 0 aliphatic carbocycles. The molecule has 2 rings (SSSR count). The molecule has 4 N–H and O–H groups in total. The Bertz CT molecular complexity index is 413. The number of amides is 1. The van der Waals surface area contributed by atoms with Gasteiger partial charge in [-0.05, 0) is 38.9 Å². The number of nitrogens with one attached hydrogen (secondary N) is 2. The maximum atomic E-state index is 11.9. The zero-order chi connectivity index (χ0) is 13.7. The van der Waals surface area contributed by atoms with E-state index in [9.17, 15) is 4.79 Å². The number of likely N-dealkylation sites (tertiary alicyclic amines) is 1. The maximum Gasteiger partial charge on any atom is 0.271 e. The molecule has 0 bridgehead atoms. The molecule has 104 valence electrons. The van der Waals surface area contributed by atoms with Crippen molar-refractivity contribution in [2.24, 2.45) is 11.8 Å². The molecule has 1 fully saturated rings. The van der Waals surface area contributed by atoms with Crippen LogP contribution in [0.4, 0.5) is 5.82 Å². The number of hydrogen-bond donors (Lipinski definition) is 3. The predicted molar refractivity (Wildman–Crippen MR) is 72.4 cm³/mol. The number of aromatic nitrogens is 2. The van der Waals surface area contributed by atoms with Crippen molar-refractivity contribution in [3.8, 4) is 0 Å². The largest absolute Gasteiger partial charge is 0.350 e. The second kappa shape index (κ2) is 6.44. The first-order valence-electron chi connectivity index (χ1n) is 6.44. The number of hydrogen-bond acceptors (Lipinski definition) is 6. The van der Waals surface area contributed by atoms with E-state index in [0.717, 1.165) is 25.9 Å². The van der Waals surface area contributed by atoms with Gasteiger partial charge in [-0.15, -0.1) is 0 Å². The Morgan fingerprint density at radius 3 is 2.74 bits per heavy atom. The van der Waals surface area contributed by atoms with Crippen molar-refractivity contribution in [2.75, 3.05) is 32.1 Å². The first-order chi connectivity index (χ1) is 9.19. The molecule has 0 aromatic carbocycles. The summed E-state index contributed by atoms with van der Waals surface area (Å²) in [5.41, 5.74) is 2.68. The second-order valence-corrected chi connectivity index (χ2v) is 4.89. The van der Waals surface area contributed by atoms with Crippen molar-refractivity contribution < 1.29 is 4.79 Å². The molecule has 0 saturated carbocycles. The van der Waals surface area contributed by atoms with E-state index in [1.165, 1.54) is 12.4 Å². The highest BCUT2D eigenvalue weighted by Crippen LogP contribution is 2.14. The lowest BCUT2D eigenvalue weighted by Gasteiger charge is -2.28. The van der Waals surface area contributed by atoms with Crippen LogP contribution in [0.5, 0.6) is 0 Å². The molecule has 1 amide bonds. The van der Waals surface area contributed by atoms with Crippen molar-refractivity contribution in [1.82, 2.24) is 20.2 Å². The number of rotatable bonds is 4. The maximum absolute atomic E-state index is 11.9. The number of hydrazine groups is 1. The molecule has 1 aliphatic rings. The van der Waals surface area contributed by atoms with E-state index in [-0.39, 0.29) is 5.91 Å². The second-order valence-electron chi connectivity index (χ2n) is 4.89. The fraction of sp³-hybridized carbons (Fsp3) is 0.583. The van der Waals surface area contributed by atoms with Gasteiger partial charge in [0.15, 0.2) is 5.82 Å². The molecule has 1 aliphatic heterocycles. The van der Waals surface area contributed by atoms with Crippen LogP contribution in [0.3, 0.4) is 0 Å². The van der Waals surface area contributed by atoms with E-state index >= 15 is 0 Å². The third kappa shape index (κ3) is 3.87. The molecule has 19 heavy (non-hydrogen) atoms. The molecule has 7 nitrogen and oxygen atoms in total. The summed E-state index contributed by atoms with van der Waals surface area (Å²) in [4.78, 5) is 22.1. The summed E-state index contributed by atoms with van der Waals surface area (Å²) in [7, 11) is 2.12. The van der Waals surface area contributed by atoms with E-state index in [4.69, 9.17) is 5.84 Å². The summed E-state index contributed by atoms with van der Waals surface area (Å²) in [5, 5.41) is 2.91. The van der Waals surface area contributed by atoms with E-state index in [1.54, 1.807) is 0 Å². The van der Waals surface area contributed by atoms with Crippen LogP contribution < -0.4 is 16.6 Å². The number of nitrogen functional groups attached to an aromatic ring is 1. The highest BCUT2D eigenvalue weighted by molar-refractivity contribution is 5.91. The number of carbonyl (C=O) groups excluding carboxylic acids is 1. The summed E-state index contributed by atoms with van der Waals surface area (Å²) in [6, 6.07) is 0. The minimum atomic E-state index is -0.185. The van der Waals surface area contributed by atoms with Gasteiger partial charge in [-0.3, -0.25) is 4.79 Å². The zero-order valence-corrected chi connectivity index (χ0v) is 11.1. The Kier molecular flexibility index (Phi) is 4.64. The van der Waals surface area contributed by atoms with Crippen LogP contribution in [0, 0.1) is 5.92 Å². The average Bonchev–Trinajstić information content (AvgIpc) is 2.46. The normalized spacial score (nSPS) is 17.2. The first kappa shape index (κ1) is 13.7. The summed E-state index contributed by atoms with van der Waals surface area (Å²) in [6.45, 7) is 2.89. The van der Waals surface area contributed by atoms with Crippen LogP contribution in [-0.2, 0) is 0 Å². The van der Waals surface area contributed by atoms with E-state index in [0.29, 0.717) is 24.0 Å². The van der Waals surface area contributed by atoms with Gasteiger partial charge >= 0.3 is 0 Å². The number of piperidine rings is 1. The molecule has 2 heterocycles. The Hall–Kier alpha value is -1.73. The Labute approximate surface area is 112 Å². The number of nitrogens with zero attached hydrogens (tertiary/aromatic N) is 3. The van der Waals surface area contributed by atoms with E-state index in [2.05, 4.69) is 32.7 Å². The smallest absolute Gasteiger partial charge is 0.271 e. The predicted octanol–water partition coefficient (Wildman–Crippen LogP) is -0.166. The fourth-order valence-electron chi connectivity index (χ4n) is 2.11. The molecular formula is C12H20N6O. The molecule has 1 aromatic rings. The molecule has 0 atom stereocenters. The van der Waals surface area contributed by atoms with Crippen molar-refractivity contribution >= 4 is 11.7 Å². The third-order valence-corrected chi connectivity index (χ3v) is 3.42. The highest BCUT2D eigenvalue weighted by Gasteiger charge is 2.17. The molecule has 1 aromatic heterocycles. The Morgan fingerprint density at radius 1 is 1.42 bits per heavy atom. The van der Waals surface area contributed by atoms with Gasteiger partial charge in [0, 0.05) is 6.54 Å². The molecular weight excluding hydrogens is 244 g/mol. The van der Waals surface area contributed by atoms with Gasteiger partial charge in [0.05, 0.1) is 12.4 Å². The minimum absolute atomic E-state index is 0.185. The lowest BCUT2D eigenvalue weighted by Crippen LogP contribution is -2.37. The SMILES string of the molecule is CN1CCC(CNC(=O)c2cnc(NN)cn2)CC1. The minimum Gasteiger partial charge on any atom is -0.350 e. The van der Waals surface area contributed by atoms with Gasteiger partial charge in [-0.1, -0.05) is 0 Å². The van der Waals surface area contributed by atoms with E-state index < -0.39 is 0 Å². The van der Waals surface area contributed by atoms with Crippen molar-refractivity contribution in [3.05, 3.63) is 18.1 Å². The molecule has 0 radical (unpaired) electrons. The van der Waals surface area contributed by atoms with Crippen molar-refractivity contribution in [3.63, 3.8) is 0 Å². The average molecular weight is 264 g/mol. The highest BCUT2D eigenvalue weighted by atomic mass is 16.1. The molecule has 0 spiro atoms. The van der Waals surface area contributed by atoms with Gasteiger partial charge in [0.1, 0.15) is 5.69 Å². The Morgan fingerprint density at radius 2 is 2.16 bits per heavy atom. The van der Waals surface area contributed by atoms with Crippen molar-refractivity contribution in [1.29, 1.82) is 0 Å². The lowest BCUT2D eigenvalue weighted by molar-refractivity contribution is 0.0933. The zero-order valence-electron chi connectivity index (χ0n) is 11.1. The summed E-state index contributed by atoms with van der Waals surface area (Å²) >= 11 is 0. The van der Waals surface area contributed by atoms with E-state index in [1.807, 2.05) is 0 Å². The third-order valence-electron chi connectivity index (χ3n) is 3.42. The molecule has 1 saturated heterocycles. The van der Waals surface area contributed by atoms with Gasteiger partial charge < -0.3 is 15.6 Å². The van der Waals surface area contributed by atoms with Gasteiger partial charge in [0.2, 0.25) is 0 Å². The van der Waals surface area contributed by atoms with Gasteiger partial charge in [-0.25, -0.2) is 15.8 Å². The van der Waals surface area contributed by atoms with Crippen LogP contribution in [-0.4, -0.2) is 47.5 Å². The summed E-state index contributed by atoms with van der Waals surface area (Å²) in [5.74, 6) is 5.99. The standard InChI is InChI=1S/C12H20N6O/c1-18-4-2-9(3-5-18)6-16-12(19)10-7-15-11(17-13)8-14-10/h7-9H,2-6,13H2,1H3,(H,15,17)(H,16,19). The molecule has 0 unspecified atom stereocenters. The number of carbonyl (C=O) groups is 1. The van der Waals surface area contributed by atoms with Crippen LogP contribution in [0.25, 0.3) is 0 Å². The van der Waals surface area contributed by atoms with Crippen molar-refractivity contribution in [2.45, 2.75) is 12.8 Å². The summed E-state index contributed by atoms with van der Waals surface area (Å²) < 4.78 is 0. The number of anilines is 1. The van der Waals surface area contributed by atoms with Gasteiger partial charge in [0.25, 0.3) is 5.91 Å².